The maximum absolute atomic E-state index is 5.55. The van der Waals surface area contributed by atoms with Crippen LogP contribution in [0.25, 0.3) is 0 Å². The molecule has 0 radical (unpaired) electrons. The van der Waals surface area contributed by atoms with Crippen molar-refractivity contribution in [3.05, 3.63) is 0 Å². The summed E-state index contributed by atoms with van der Waals surface area (Å²) in [5.41, 5.74) is 0. The zero-order valence-corrected chi connectivity index (χ0v) is 9.64. The third-order valence-corrected chi connectivity index (χ3v) is 3.25. The molecule has 3 nitrogen and oxygen atoms in total. The summed E-state index contributed by atoms with van der Waals surface area (Å²) in [7, 11) is -0.397. The van der Waals surface area contributed by atoms with E-state index >= 15 is 0 Å². The summed E-state index contributed by atoms with van der Waals surface area (Å²) in [5.74, 6) is 1.19. The van der Waals surface area contributed by atoms with Crippen LogP contribution in [0.4, 0.5) is 0 Å². The maximum atomic E-state index is 5.55. The van der Waals surface area contributed by atoms with Crippen molar-refractivity contribution in [2.45, 2.75) is 0 Å². The lowest BCUT2D eigenvalue weighted by molar-refractivity contribution is 0.0829. The lowest BCUT2D eigenvalue weighted by Crippen LogP contribution is -2.24. The van der Waals surface area contributed by atoms with Crippen molar-refractivity contribution >= 4 is 16.4 Å². The minimum atomic E-state index is -0.397. The van der Waals surface area contributed by atoms with Gasteiger partial charge in [0.1, 0.15) is 6.73 Å². The Morgan fingerprint density at radius 1 is 1.46 bits per heavy atom. The number of ether oxygens (including phenoxy) is 1. The van der Waals surface area contributed by atoms with Crippen molar-refractivity contribution in [1.29, 1.82) is 0 Å². The molecule has 0 bridgehead atoms. The van der Waals surface area contributed by atoms with E-state index in [-0.39, 0.29) is 0 Å². The van der Waals surface area contributed by atoms with Gasteiger partial charge < -0.3 is 9.64 Å². The summed E-state index contributed by atoms with van der Waals surface area (Å²) in [4.78, 5) is 6.23. The highest BCUT2D eigenvalue weighted by molar-refractivity contribution is 8.32. The molecule has 13 heavy (non-hydrogen) atoms. The van der Waals surface area contributed by atoms with E-state index in [1.807, 2.05) is 6.34 Å². The number of hydrogen-bond acceptors (Lipinski definition) is 3. The molecular formula is C9H20N2OS. The van der Waals surface area contributed by atoms with E-state index < -0.39 is 10.0 Å². The molecule has 0 aromatic heterocycles. The molecule has 0 atom stereocenters. The van der Waals surface area contributed by atoms with Gasteiger partial charge in [0.15, 0.2) is 0 Å². The van der Waals surface area contributed by atoms with Crippen LogP contribution in [0.1, 0.15) is 0 Å². The van der Waals surface area contributed by atoms with Crippen LogP contribution in [0.5, 0.6) is 0 Å². The summed E-state index contributed by atoms with van der Waals surface area (Å²) in [6, 6.07) is 0. The van der Waals surface area contributed by atoms with Gasteiger partial charge in [-0.2, -0.15) is 0 Å². The molecule has 0 aromatic rings. The van der Waals surface area contributed by atoms with Gasteiger partial charge in [0.2, 0.25) is 0 Å². The minimum absolute atomic E-state index is 0.397. The van der Waals surface area contributed by atoms with E-state index in [1.165, 1.54) is 5.75 Å². The molecule has 78 valence electrons. The van der Waals surface area contributed by atoms with Crippen molar-refractivity contribution < 1.29 is 4.74 Å². The Balaban J connectivity index is 1.98. The molecule has 0 aliphatic carbocycles. The summed E-state index contributed by atoms with van der Waals surface area (Å²) < 4.78 is 5.55. The molecule has 0 saturated heterocycles. The second-order valence-electron chi connectivity index (χ2n) is 4.17. The number of hydrogen-bond donors (Lipinski definition) is 0. The predicted molar refractivity (Wildman–Crippen MR) is 61.1 cm³/mol. The Bertz CT molecular complexity index is 177. The van der Waals surface area contributed by atoms with E-state index in [0.717, 1.165) is 19.7 Å². The molecule has 1 rings (SSSR count). The standard InChI is InChI=1S/C9H20N2OS/c1-13(2,3)7-6-12-9-11-5-4-10-8-11/h8H,4-7,9H2,1-3H3. The fourth-order valence-corrected chi connectivity index (χ4v) is 1.62. The van der Waals surface area contributed by atoms with Gasteiger partial charge in [0, 0.05) is 12.3 Å². The molecule has 1 aliphatic heterocycles. The normalized spacial score (nSPS) is 18.2. The summed E-state index contributed by atoms with van der Waals surface area (Å²) in [6.45, 7) is 3.53. The van der Waals surface area contributed by atoms with Crippen molar-refractivity contribution in [3.8, 4) is 0 Å². The first-order chi connectivity index (χ1) is 6.08. The largest absolute Gasteiger partial charge is 0.360 e. The first-order valence-corrected chi connectivity index (χ1v) is 7.58. The number of nitrogens with zero attached hydrogens (tertiary/aromatic N) is 2. The Morgan fingerprint density at radius 3 is 2.77 bits per heavy atom. The molecule has 0 unspecified atom stereocenters. The van der Waals surface area contributed by atoms with Crippen LogP contribution in [-0.2, 0) is 4.74 Å². The van der Waals surface area contributed by atoms with Gasteiger partial charge >= 0.3 is 0 Å². The van der Waals surface area contributed by atoms with Gasteiger partial charge in [-0.25, -0.2) is 10.0 Å². The molecule has 1 heterocycles. The average molecular weight is 204 g/mol. The molecule has 1 aliphatic rings. The quantitative estimate of drug-likeness (QED) is 0.624. The van der Waals surface area contributed by atoms with Crippen LogP contribution < -0.4 is 0 Å². The Kier molecular flexibility index (Phi) is 4.06. The van der Waals surface area contributed by atoms with Gasteiger partial charge in [0.05, 0.1) is 19.5 Å². The van der Waals surface area contributed by atoms with Crippen LogP contribution in [-0.4, -0.2) is 62.2 Å². The highest BCUT2D eigenvalue weighted by atomic mass is 32.3. The zero-order chi connectivity index (χ0) is 9.73. The topological polar surface area (TPSA) is 24.8 Å². The molecule has 0 amide bonds. The van der Waals surface area contributed by atoms with Gasteiger partial charge in [-0.05, 0) is 18.8 Å². The molecule has 0 saturated carbocycles. The molecule has 0 fully saturated rings. The van der Waals surface area contributed by atoms with Gasteiger partial charge in [-0.1, -0.05) is 0 Å². The summed E-state index contributed by atoms with van der Waals surface area (Å²) in [6.07, 6.45) is 8.82. The van der Waals surface area contributed by atoms with E-state index in [4.69, 9.17) is 4.74 Å². The van der Waals surface area contributed by atoms with Crippen LogP contribution >= 0.6 is 10.0 Å². The lowest BCUT2D eigenvalue weighted by atomic mass is 10.6. The minimum Gasteiger partial charge on any atom is -0.360 e. The third kappa shape index (κ3) is 5.16. The van der Waals surface area contributed by atoms with Crippen molar-refractivity contribution in [2.24, 2.45) is 4.99 Å². The molecule has 0 N–H and O–H groups in total. The van der Waals surface area contributed by atoms with Gasteiger partial charge in [0.25, 0.3) is 0 Å². The lowest BCUT2D eigenvalue weighted by Gasteiger charge is -2.25. The van der Waals surface area contributed by atoms with E-state index in [9.17, 15) is 0 Å². The fourth-order valence-electron chi connectivity index (χ4n) is 1.01. The zero-order valence-electron chi connectivity index (χ0n) is 8.82. The van der Waals surface area contributed by atoms with Gasteiger partial charge in [-0.3, -0.25) is 4.99 Å². The van der Waals surface area contributed by atoms with Crippen LogP contribution in [0.15, 0.2) is 4.99 Å². The summed E-state index contributed by atoms with van der Waals surface area (Å²) >= 11 is 0. The predicted octanol–water partition coefficient (Wildman–Crippen LogP) is 0.998. The number of aliphatic imine (C=N–C) groups is 1. The van der Waals surface area contributed by atoms with Crippen LogP contribution in [0, 0.1) is 0 Å². The molecule has 0 spiro atoms. The molecule has 0 aromatic carbocycles. The van der Waals surface area contributed by atoms with E-state index in [2.05, 4.69) is 28.7 Å². The highest BCUT2D eigenvalue weighted by Gasteiger charge is 2.06. The first kappa shape index (κ1) is 10.9. The smallest absolute Gasteiger partial charge is 0.119 e. The van der Waals surface area contributed by atoms with E-state index in [1.54, 1.807) is 0 Å². The Morgan fingerprint density at radius 2 is 2.23 bits per heavy atom. The third-order valence-electron chi connectivity index (χ3n) is 1.86. The van der Waals surface area contributed by atoms with E-state index in [0.29, 0.717) is 6.73 Å². The molecule has 4 heteroatoms. The van der Waals surface area contributed by atoms with Gasteiger partial charge in [-0.15, -0.1) is 0 Å². The monoisotopic (exact) mass is 204 g/mol. The van der Waals surface area contributed by atoms with Crippen LogP contribution in [0.2, 0.25) is 0 Å². The van der Waals surface area contributed by atoms with Crippen LogP contribution in [0.3, 0.4) is 0 Å². The van der Waals surface area contributed by atoms with Crippen molar-refractivity contribution in [3.63, 3.8) is 0 Å². The number of rotatable bonds is 5. The highest BCUT2D eigenvalue weighted by Crippen LogP contribution is 2.33. The average Bonchev–Trinajstić information content (AvgIpc) is 2.48. The second kappa shape index (κ2) is 4.86. The maximum Gasteiger partial charge on any atom is 0.119 e. The molecular weight excluding hydrogens is 184 g/mol. The Hall–Kier alpha value is -0.220. The fraction of sp³-hybridized carbons (Fsp3) is 0.889. The second-order valence-corrected chi connectivity index (χ2v) is 8.76. The summed E-state index contributed by atoms with van der Waals surface area (Å²) in [5, 5.41) is 0. The Labute approximate surface area is 82.5 Å². The van der Waals surface area contributed by atoms with Crippen molar-refractivity contribution in [2.75, 3.05) is 50.9 Å². The van der Waals surface area contributed by atoms with Crippen molar-refractivity contribution in [1.82, 2.24) is 4.90 Å². The SMILES string of the molecule is CS(C)(C)CCOCN1C=NCC1. The first-order valence-electron chi connectivity index (χ1n) is 4.56.